The van der Waals surface area contributed by atoms with E-state index >= 15 is 0 Å². The van der Waals surface area contributed by atoms with E-state index in [1.165, 1.54) is 0 Å². The summed E-state index contributed by atoms with van der Waals surface area (Å²) in [6.45, 7) is 5.58. The second-order valence-electron chi connectivity index (χ2n) is 6.07. The highest BCUT2D eigenvalue weighted by Gasteiger charge is 2.25. The third-order valence-electron chi connectivity index (χ3n) is 4.11. The summed E-state index contributed by atoms with van der Waals surface area (Å²) >= 11 is 0. The Kier molecular flexibility index (Phi) is 5.15. The molecule has 6 heteroatoms. The van der Waals surface area contributed by atoms with Crippen LogP contribution < -0.4 is 0 Å². The maximum absolute atomic E-state index is 12.6. The van der Waals surface area contributed by atoms with Gasteiger partial charge in [-0.05, 0) is 44.9 Å². The zero-order valence-electron chi connectivity index (χ0n) is 14.1. The fraction of sp³-hybridized carbons (Fsp3) is 0.444. The smallest absolute Gasteiger partial charge is 0.272 e. The molecule has 2 aromatic rings. The number of aryl methyl sites for hydroxylation is 2. The third-order valence-corrected chi connectivity index (χ3v) is 4.11. The van der Waals surface area contributed by atoms with Crippen LogP contribution in [0.5, 0.6) is 0 Å². The van der Waals surface area contributed by atoms with Gasteiger partial charge in [0.2, 0.25) is 0 Å². The van der Waals surface area contributed by atoms with Crippen molar-refractivity contribution in [2.24, 2.45) is 0 Å². The molecular weight excluding hydrogens is 304 g/mol. The topological polar surface area (TPSA) is 68.2 Å². The number of nitrogens with zero attached hydrogens (tertiary/aromatic N) is 4. The molecule has 1 amide bonds. The monoisotopic (exact) mass is 326 g/mol. The van der Waals surface area contributed by atoms with Crippen molar-refractivity contribution in [3.63, 3.8) is 0 Å². The predicted molar refractivity (Wildman–Crippen MR) is 89.5 cm³/mol. The van der Waals surface area contributed by atoms with E-state index in [-0.39, 0.29) is 12.0 Å². The average molecular weight is 326 g/mol. The second kappa shape index (κ2) is 7.49. The summed E-state index contributed by atoms with van der Waals surface area (Å²) in [5, 5.41) is 0. The molecule has 6 nitrogen and oxygen atoms in total. The zero-order chi connectivity index (χ0) is 16.9. The summed E-state index contributed by atoms with van der Waals surface area (Å²) in [7, 11) is 0. The van der Waals surface area contributed by atoms with E-state index in [0.717, 1.165) is 24.2 Å². The van der Waals surface area contributed by atoms with Gasteiger partial charge in [0, 0.05) is 25.0 Å². The number of amides is 1. The van der Waals surface area contributed by atoms with Crippen LogP contribution in [0.25, 0.3) is 0 Å². The van der Waals surface area contributed by atoms with Gasteiger partial charge in [-0.25, -0.2) is 9.97 Å². The lowest BCUT2D eigenvalue weighted by molar-refractivity contribution is -0.00174. The number of aromatic nitrogens is 3. The fourth-order valence-electron chi connectivity index (χ4n) is 2.90. The SMILES string of the molecule is Cc1cc(C(=O)N2CCC(OCc3ccccn3)CC2)nc(C)n1. The van der Waals surface area contributed by atoms with E-state index in [0.29, 0.717) is 31.2 Å². The molecule has 0 aliphatic carbocycles. The lowest BCUT2D eigenvalue weighted by atomic mass is 10.1. The molecule has 0 saturated carbocycles. The Balaban J connectivity index is 1.52. The van der Waals surface area contributed by atoms with Crippen LogP contribution in [0.3, 0.4) is 0 Å². The molecule has 1 saturated heterocycles. The summed E-state index contributed by atoms with van der Waals surface area (Å²) in [5.41, 5.74) is 2.23. The van der Waals surface area contributed by atoms with E-state index in [1.807, 2.05) is 36.9 Å². The molecule has 0 aromatic carbocycles. The first-order chi connectivity index (χ1) is 11.6. The molecule has 0 spiro atoms. The predicted octanol–water partition coefficient (Wildman–Crippen LogP) is 2.31. The van der Waals surface area contributed by atoms with E-state index in [2.05, 4.69) is 15.0 Å². The minimum Gasteiger partial charge on any atom is -0.372 e. The number of hydrogen-bond donors (Lipinski definition) is 0. The van der Waals surface area contributed by atoms with Crippen LogP contribution in [0, 0.1) is 13.8 Å². The first-order valence-corrected chi connectivity index (χ1v) is 8.25. The molecule has 1 fully saturated rings. The van der Waals surface area contributed by atoms with E-state index in [4.69, 9.17) is 4.74 Å². The minimum atomic E-state index is -0.0215. The van der Waals surface area contributed by atoms with Crippen molar-refractivity contribution in [2.45, 2.75) is 39.4 Å². The Morgan fingerprint density at radius 3 is 2.71 bits per heavy atom. The van der Waals surface area contributed by atoms with Crippen molar-refractivity contribution in [1.82, 2.24) is 19.9 Å². The Morgan fingerprint density at radius 2 is 2.04 bits per heavy atom. The quantitative estimate of drug-likeness (QED) is 0.862. The molecule has 1 aliphatic rings. The van der Waals surface area contributed by atoms with Crippen molar-refractivity contribution in [3.05, 3.63) is 53.4 Å². The lowest BCUT2D eigenvalue weighted by Gasteiger charge is -2.31. The minimum absolute atomic E-state index is 0.0215. The Hall–Kier alpha value is -2.34. The molecule has 3 heterocycles. The van der Waals surface area contributed by atoms with Gasteiger partial charge in [-0.2, -0.15) is 0 Å². The Labute approximate surface area is 141 Å². The van der Waals surface area contributed by atoms with Crippen molar-refractivity contribution < 1.29 is 9.53 Å². The number of carbonyl (C=O) groups excluding carboxylic acids is 1. The van der Waals surface area contributed by atoms with Gasteiger partial charge in [-0.15, -0.1) is 0 Å². The lowest BCUT2D eigenvalue weighted by Crippen LogP contribution is -2.41. The molecular formula is C18H22N4O2. The van der Waals surface area contributed by atoms with Gasteiger partial charge < -0.3 is 9.64 Å². The van der Waals surface area contributed by atoms with Crippen LogP contribution in [0.15, 0.2) is 30.5 Å². The number of pyridine rings is 1. The van der Waals surface area contributed by atoms with Gasteiger partial charge in [-0.3, -0.25) is 9.78 Å². The summed E-state index contributed by atoms with van der Waals surface area (Å²) < 4.78 is 5.91. The van der Waals surface area contributed by atoms with Crippen LogP contribution in [-0.2, 0) is 11.3 Å². The number of rotatable bonds is 4. The van der Waals surface area contributed by atoms with Gasteiger partial charge >= 0.3 is 0 Å². The average Bonchev–Trinajstić information content (AvgIpc) is 2.60. The van der Waals surface area contributed by atoms with Crippen molar-refractivity contribution in [1.29, 1.82) is 0 Å². The van der Waals surface area contributed by atoms with Crippen LogP contribution in [0.2, 0.25) is 0 Å². The van der Waals surface area contributed by atoms with Gasteiger partial charge in [-0.1, -0.05) is 6.07 Å². The molecule has 1 aliphatic heterocycles. The summed E-state index contributed by atoms with van der Waals surface area (Å²) in [6, 6.07) is 7.56. The third kappa shape index (κ3) is 4.14. The van der Waals surface area contributed by atoms with Crippen molar-refractivity contribution >= 4 is 5.91 Å². The molecule has 0 unspecified atom stereocenters. The maximum atomic E-state index is 12.6. The normalized spacial score (nSPS) is 15.5. The number of likely N-dealkylation sites (tertiary alicyclic amines) is 1. The highest BCUT2D eigenvalue weighted by atomic mass is 16.5. The van der Waals surface area contributed by atoms with E-state index in [1.54, 1.807) is 12.3 Å². The van der Waals surface area contributed by atoms with Gasteiger partial charge in [0.05, 0.1) is 18.4 Å². The standard InChI is InChI=1S/C18H22N4O2/c1-13-11-17(21-14(2)20-13)18(23)22-9-6-16(7-10-22)24-12-15-5-3-4-8-19-15/h3-5,8,11,16H,6-7,9-10,12H2,1-2H3. The largest absolute Gasteiger partial charge is 0.372 e. The number of ether oxygens (including phenoxy) is 1. The van der Waals surface area contributed by atoms with Crippen molar-refractivity contribution in [3.8, 4) is 0 Å². The molecule has 2 aromatic heterocycles. The summed E-state index contributed by atoms with van der Waals surface area (Å²) in [5.74, 6) is 0.610. The van der Waals surface area contributed by atoms with Crippen LogP contribution in [0.1, 0.15) is 40.5 Å². The van der Waals surface area contributed by atoms with Crippen molar-refractivity contribution in [2.75, 3.05) is 13.1 Å². The Bertz CT molecular complexity index is 677. The highest BCUT2D eigenvalue weighted by molar-refractivity contribution is 5.92. The van der Waals surface area contributed by atoms with Gasteiger partial charge in [0.1, 0.15) is 11.5 Å². The first-order valence-electron chi connectivity index (χ1n) is 8.25. The molecule has 0 radical (unpaired) electrons. The highest BCUT2D eigenvalue weighted by Crippen LogP contribution is 2.17. The molecule has 3 rings (SSSR count). The van der Waals surface area contributed by atoms with Gasteiger partial charge in [0.25, 0.3) is 5.91 Å². The number of piperidine rings is 1. The Morgan fingerprint density at radius 1 is 1.25 bits per heavy atom. The molecule has 0 atom stereocenters. The summed E-state index contributed by atoms with van der Waals surface area (Å²) in [4.78, 5) is 27.2. The number of carbonyl (C=O) groups is 1. The number of hydrogen-bond acceptors (Lipinski definition) is 5. The molecule has 24 heavy (non-hydrogen) atoms. The van der Waals surface area contributed by atoms with Crippen LogP contribution in [-0.4, -0.2) is 45.0 Å². The van der Waals surface area contributed by atoms with Crippen LogP contribution >= 0.6 is 0 Å². The fourth-order valence-corrected chi connectivity index (χ4v) is 2.90. The summed E-state index contributed by atoms with van der Waals surface area (Å²) in [6.07, 6.45) is 3.61. The molecule has 126 valence electrons. The van der Waals surface area contributed by atoms with Crippen LogP contribution in [0.4, 0.5) is 0 Å². The van der Waals surface area contributed by atoms with E-state index < -0.39 is 0 Å². The molecule has 0 bridgehead atoms. The van der Waals surface area contributed by atoms with Gasteiger partial charge in [0.15, 0.2) is 0 Å². The maximum Gasteiger partial charge on any atom is 0.272 e. The first kappa shape index (κ1) is 16.5. The second-order valence-corrected chi connectivity index (χ2v) is 6.07. The molecule has 0 N–H and O–H groups in total. The van der Waals surface area contributed by atoms with E-state index in [9.17, 15) is 4.79 Å². The zero-order valence-corrected chi connectivity index (χ0v) is 14.1.